The molecule has 0 atom stereocenters. The Kier molecular flexibility index (Phi) is 7.78. The summed E-state index contributed by atoms with van der Waals surface area (Å²) in [5.41, 5.74) is 4.66. The fourth-order valence-corrected chi connectivity index (χ4v) is 4.35. The molecule has 0 spiro atoms. The van der Waals surface area contributed by atoms with E-state index >= 15 is 0 Å². The zero-order chi connectivity index (χ0) is 23.0. The Balaban J connectivity index is 1.52. The van der Waals surface area contributed by atoms with Crippen LogP contribution in [0.1, 0.15) is 49.1 Å². The predicted molar refractivity (Wildman–Crippen MR) is 130 cm³/mol. The fraction of sp³-hybridized carbons (Fsp3) is 0.391. The molecule has 1 fully saturated rings. The largest absolute Gasteiger partial charge is 0.361 e. The van der Waals surface area contributed by atoms with Crippen LogP contribution in [0.15, 0.2) is 45.6 Å². The van der Waals surface area contributed by atoms with Crippen LogP contribution in [0.4, 0.5) is 5.69 Å². The molecule has 0 unspecified atom stereocenters. The summed E-state index contributed by atoms with van der Waals surface area (Å²) in [5.74, 6) is 0.915. The molecule has 1 saturated heterocycles. The van der Waals surface area contributed by atoms with E-state index in [1.165, 1.54) is 24.7 Å². The maximum atomic E-state index is 12.8. The van der Waals surface area contributed by atoms with E-state index in [9.17, 15) is 4.79 Å². The van der Waals surface area contributed by atoms with E-state index < -0.39 is 0 Å². The molecule has 0 bridgehead atoms. The number of amides is 1. The average molecular weight is 467 g/mol. The van der Waals surface area contributed by atoms with Crippen LogP contribution in [-0.2, 0) is 14.0 Å². The minimum absolute atomic E-state index is 0.245. The van der Waals surface area contributed by atoms with Crippen LogP contribution < -0.4 is 16.0 Å². The molecule has 0 saturated carbocycles. The number of nitrogens with zero attached hydrogens (tertiary/aromatic N) is 3. The zero-order valence-corrected chi connectivity index (χ0v) is 19.2. The summed E-state index contributed by atoms with van der Waals surface area (Å²) >= 11 is 0.861. The lowest BCUT2D eigenvalue weighted by Crippen LogP contribution is -2.48. The van der Waals surface area contributed by atoms with Gasteiger partial charge in [-0.25, -0.2) is 4.89 Å². The van der Waals surface area contributed by atoms with Gasteiger partial charge >= 0.3 is 0 Å². The van der Waals surface area contributed by atoms with E-state index in [0.717, 1.165) is 55.8 Å². The van der Waals surface area contributed by atoms with Crippen LogP contribution in [0, 0.1) is 6.57 Å². The van der Waals surface area contributed by atoms with Gasteiger partial charge < -0.3 is 20.8 Å². The van der Waals surface area contributed by atoms with Crippen molar-refractivity contribution in [1.29, 1.82) is 0 Å². The maximum absolute atomic E-state index is 12.8. The maximum Gasteiger partial charge on any atom is 0.293 e. The molecule has 1 aromatic rings. The van der Waals surface area contributed by atoms with E-state index in [4.69, 9.17) is 10.9 Å². The summed E-state index contributed by atoms with van der Waals surface area (Å²) in [6.07, 6.45) is 8.71. The van der Waals surface area contributed by atoms with Gasteiger partial charge in [0.2, 0.25) is 5.96 Å². The van der Waals surface area contributed by atoms with Crippen molar-refractivity contribution in [3.05, 3.63) is 58.7 Å². The predicted octanol–water partition coefficient (Wildman–Crippen LogP) is 3.96. The van der Waals surface area contributed by atoms with E-state index in [0.29, 0.717) is 18.1 Å². The van der Waals surface area contributed by atoms with Gasteiger partial charge in [-0.1, -0.05) is 24.8 Å². The first-order valence-electron chi connectivity index (χ1n) is 10.9. The molecule has 3 aliphatic rings. The average Bonchev–Trinajstić information content (AvgIpc) is 3.35. The number of aliphatic imine (C=N–C) groups is 1. The number of hydrogen-bond donors (Lipinski definition) is 3. The van der Waals surface area contributed by atoms with Crippen molar-refractivity contribution in [1.82, 2.24) is 10.6 Å². The Morgan fingerprint density at radius 2 is 2.15 bits per heavy atom. The van der Waals surface area contributed by atoms with Crippen molar-refractivity contribution >= 4 is 41.1 Å². The first-order valence-corrected chi connectivity index (χ1v) is 11.6. The molecular formula is C23H26N6O3S. The van der Waals surface area contributed by atoms with Crippen molar-refractivity contribution in [2.45, 2.75) is 38.0 Å². The number of hydrogen-bond acceptors (Lipinski definition) is 6. The fourth-order valence-electron chi connectivity index (χ4n) is 4.06. The van der Waals surface area contributed by atoms with Gasteiger partial charge in [-0.05, 0) is 49.0 Å². The van der Waals surface area contributed by atoms with Crippen LogP contribution in [0.2, 0.25) is 0 Å². The summed E-state index contributed by atoms with van der Waals surface area (Å²) in [7, 11) is 1.43. The molecule has 172 valence electrons. The molecule has 1 aliphatic carbocycles. The summed E-state index contributed by atoms with van der Waals surface area (Å²) in [6.45, 7) is 8.53. The van der Waals surface area contributed by atoms with Crippen molar-refractivity contribution in [2.24, 2.45) is 9.39 Å². The van der Waals surface area contributed by atoms with E-state index in [1.807, 2.05) is 6.07 Å². The SMILES string of the molecule is [C-]#[N+]C1=CCC(C(=O)Nc2ccc(C3CNC(=NSOOC)NC3)cc2C2=CCCCC2)=N1. The monoisotopic (exact) mass is 466 g/mol. The van der Waals surface area contributed by atoms with Crippen LogP contribution in [0.3, 0.4) is 0 Å². The quantitative estimate of drug-likeness (QED) is 0.140. The third-order valence-electron chi connectivity index (χ3n) is 5.76. The topological polar surface area (TPSA) is 101 Å². The molecule has 10 heteroatoms. The van der Waals surface area contributed by atoms with Gasteiger partial charge in [0.15, 0.2) is 17.9 Å². The Labute approximate surface area is 197 Å². The smallest absolute Gasteiger partial charge is 0.293 e. The Morgan fingerprint density at radius 1 is 1.30 bits per heavy atom. The minimum atomic E-state index is -0.257. The molecule has 2 aliphatic heterocycles. The van der Waals surface area contributed by atoms with Gasteiger partial charge in [0.1, 0.15) is 0 Å². The molecule has 9 nitrogen and oxygen atoms in total. The van der Waals surface area contributed by atoms with Gasteiger partial charge in [0, 0.05) is 36.7 Å². The molecule has 4 rings (SSSR count). The third kappa shape index (κ3) is 5.82. The number of allylic oxidation sites excluding steroid dienone is 3. The molecule has 0 aromatic heterocycles. The number of carbonyl (C=O) groups is 1. The Hall–Kier alpha value is -3.13. The lowest BCUT2D eigenvalue weighted by molar-refractivity contribution is -0.160. The first kappa shape index (κ1) is 23.0. The highest BCUT2D eigenvalue weighted by Gasteiger charge is 2.24. The minimum Gasteiger partial charge on any atom is -0.361 e. The number of benzene rings is 1. The summed E-state index contributed by atoms with van der Waals surface area (Å²) in [6, 6.07) is 6.22. The van der Waals surface area contributed by atoms with Gasteiger partial charge in [0.05, 0.1) is 7.11 Å². The van der Waals surface area contributed by atoms with Gasteiger partial charge in [-0.2, -0.15) is 4.40 Å². The molecular weight excluding hydrogens is 440 g/mol. The third-order valence-corrected chi connectivity index (χ3v) is 6.22. The summed E-state index contributed by atoms with van der Waals surface area (Å²) in [4.78, 5) is 24.7. The highest BCUT2D eigenvalue weighted by molar-refractivity contribution is 7.93. The van der Waals surface area contributed by atoms with E-state index in [2.05, 4.69) is 53.3 Å². The van der Waals surface area contributed by atoms with Crippen molar-refractivity contribution in [3.8, 4) is 0 Å². The summed E-state index contributed by atoms with van der Waals surface area (Å²) < 4.78 is 8.87. The molecule has 1 aromatic carbocycles. The van der Waals surface area contributed by atoms with Crippen molar-refractivity contribution < 1.29 is 14.0 Å². The second kappa shape index (κ2) is 11.1. The van der Waals surface area contributed by atoms with Gasteiger partial charge in [0.25, 0.3) is 11.7 Å². The highest BCUT2D eigenvalue weighted by atomic mass is 32.2. The molecule has 2 heterocycles. The van der Waals surface area contributed by atoms with Gasteiger partial charge in [-0.15, -0.1) is 9.33 Å². The second-order valence-electron chi connectivity index (χ2n) is 7.88. The molecule has 33 heavy (non-hydrogen) atoms. The normalized spacial score (nSPS) is 19.9. The first-order chi connectivity index (χ1) is 16.2. The Bertz CT molecular complexity index is 1060. The number of carbonyl (C=O) groups excluding carboxylic acids is 1. The summed E-state index contributed by atoms with van der Waals surface area (Å²) in [5, 5.41) is 9.58. The van der Waals surface area contributed by atoms with Crippen LogP contribution in [-0.4, -0.2) is 37.8 Å². The number of nitrogens with one attached hydrogen (secondary N) is 3. The van der Waals surface area contributed by atoms with Crippen molar-refractivity contribution in [3.63, 3.8) is 0 Å². The van der Waals surface area contributed by atoms with Crippen LogP contribution in [0.5, 0.6) is 0 Å². The molecule has 3 N–H and O–H groups in total. The molecule has 0 radical (unpaired) electrons. The number of guanidine groups is 1. The van der Waals surface area contributed by atoms with Crippen LogP contribution in [0.25, 0.3) is 10.4 Å². The lowest BCUT2D eigenvalue weighted by atomic mass is 9.88. The van der Waals surface area contributed by atoms with E-state index in [-0.39, 0.29) is 17.6 Å². The lowest BCUT2D eigenvalue weighted by Gasteiger charge is -2.27. The van der Waals surface area contributed by atoms with E-state index in [1.54, 1.807) is 6.08 Å². The van der Waals surface area contributed by atoms with Crippen LogP contribution >= 0.6 is 12.2 Å². The van der Waals surface area contributed by atoms with Crippen molar-refractivity contribution in [2.75, 3.05) is 25.5 Å². The number of anilines is 1. The molecule has 1 amide bonds. The Morgan fingerprint density at radius 3 is 2.85 bits per heavy atom. The van der Waals surface area contributed by atoms with Gasteiger partial charge in [-0.3, -0.25) is 4.79 Å². The standard InChI is InChI=1S/C23H26N6O3S/c1-24-21-11-10-20(27-21)22(30)28-19-9-8-16(12-18(19)15-6-4-3-5-7-15)17-13-25-23(26-14-17)29-33-32-31-2/h6,8-9,11-12,17H,3-5,7,10,13-14H2,2H3,(H,28,30)(H2,25,26,29). The zero-order valence-electron chi connectivity index (χ0n) is 18.4. The second-order valence-corrected chi connectivity index (χ2v) is 8.35. The number of rotatable bonds is 7. The highest BCUT2D eigenvalue weighted by Crippen LogP contribution is 2.34.